The number of anilines is 1. The van der Waals surface area contributed by atoms with E-state index in [0.29, 0.717) is 11.6 Å². The predicted molar refractivity (Wildman–Crippen MR) is 122 cm³/mol. The molecule has 2 aliphatic heterocycles. The number of carbonyl (C=O) groups is 1. The number of hydrogen-bond acceptors (Lipinski definition) is 7. The Morgan fingerprint density at radius 2 is 1.67 bits per heavy atom. The van der Waals surface area contributed by atoms with Gasteiger partial charge in [-0.05, 0) is 20.2 Å². The quantitative estimate of drug-likeness (QED) is 0.694. The Morgan fingerprint density at radius 1 is 1.03 bits per heavy atom. The molecule has 2 saturated heterocycles. The largest absolute Gasteiger partial charge is 0.478 e. The number of piperazine rings is 2. The van der Waals surface area contributed by atoms with Gasteiger partial charge in [0.2, 0.25) is 5.95 Å². The van der Waals surface area contributed by atoms with Crippen LogP contribution in [-0.4, -0.2) is 97.3 Å². The molecular formula is C21H29BrN6O2. The van der Waals surface area contributed by atoms with E-state index < -0.39 is 5.97 Å². The SMILES string of the molecule is CN1CCN(c2ncc(C(=O)O)c(-c3ccccc3Br)n2)CC1.CN1CCNCC1. The summed E-state index contributed by atoms with van der Waals surface area (Å²) in [5.41, 5.74) is 1.30. The van der Waals surface area contributed by atoms with Crippen molar-refractivity contribution in [2.45, 2.75) is 0 Å². The summed E-state index contributed by atoms with van der Waals surface area (Å²) in [6.07, 6.45) is 1.40. The second-order valence-electron chi connectivity index (χ2n) is 7.56. The molecular weight excluding hydrogens is 448 g/mol. The van der Waals surface area contributed by atoms with Crippen LogP contribution in [0.4, 0.5) is 5.95 Å². The van der Waals surface area contributed by atoms with Gasteiger partial charge in [0.05, 0.1) is 5.69 Å². The Balaban J connectivity index is 0.000000310. The molecule has 0 radical (unpaired) electrons. The molecule has 0 saturated carbocycles. The number of likely N-dealkylation sites (N-methyl/N-ethyl adjacent to an activating group) is 2. The Kier molecular flexibility index (Phi) is 8.15. The molecule has 1 aromatic carbocycles. The maximum Gasteiger partial charge on any atom is 0.339 e. The van der Waals surface area contributed by atoms with Crippen molar-refractivity contribution in [1.82, 2.24) is 25.1 Å². The highest BCUT2D eigenvalue weighted by Gasteiger charge is 2.21. The summed E-state index contributed by atoms with van der Waals surface area (Å²) in [5.74, 6) is -0.450. The summed E-state index contributed by atoms with van der Waals surface area (Å²) in [6, 6.07) is 7.48. The number of benzene rings is 1. The van der Waals surface area contributed by atoms with Crippen LogP contribution >= 0.6 is 15.9 Å². The molecule has 0 spiro atoms. The van der Waals surface area contributed by atoms with Crippen LogP contribution in [0, 0.1) is 0 Å². The van der Waals surface area contributed by atoms with Gasteiger partial charge in [-0.25, -0.2) is 14.8 Å². The minimum Gasteiger partial charge on any atom is -0.478 e. The summed E-state index contributed by atoms with van der Waals surface area (Å²) < 4.78 is 0.811. The van der Waals surface area contributed by atoms with E-state index in [1.54, 1.807) is 0 Å². The molecule has 2 aromatic rings. The van der Waals surface area contributed by atoms with Crippen molar-refractivity contribution in [3.05, 3.63) is 40.5 Å². The average Bonchev–Trinajstić information content (AvgIpc) is 2.75. The van der Waals surface area contributed by atoms with Gasteiger partial charge >= 0.3 is 5.97 Å². The van der Waals surface area contributed by atoms with Gasteiger partial charge < -0.3 is 25.1 Å². The van der Waals surface area contributed by atoms with E-state index >= 15 is 0 Å². The third-order valence-corrected chi connectivity index (χ3v) is 5.95. The molecule has 30 heavy (non-hydrogen) atoms. The van der Waals surface area contributed by atoms with Gasteiger partial charge in [-0.1, -0.05) is 34.1 Å². The van der Waals surface area contributed by atoms with Crippen molar-refractivity contribution in [3.8, 4) is 11.3 Å². The zero-order valence-electron chi connectivity index (χ0n) is 17.5. The normalized spacial score (nSPS) is 17.9. The molecule has 0 bridgehead atoms. The molecule has 2 N–H and O–H groups in total. The topological polar surface area (TPSA) is 84.8 Å². The van der Waals surface area contributed by atoms with Gasteiger partial charge in [0, 0.05) is 68.6 Å². The number of halogens is 1. The van der Waals surface area contributed by atoms with Crippen LogP contribution in [0.3, 0.4) is 0 Å². The third kappa shape index (κ3) is 5.98. The van der Waals surface area contributed by atoms with Crippen molar-refractivity contribution < 1.29 is 9.90 Å². The maximum absolute atomic E-state index is 11.5. The van der Waals surface area contributed by atoms with E-state index in [2.05, 4.69) is 60.0 Å². The highest BCUT2D eigenvalue weighted by atomic mass is 79.9. The molecule has 8 nitrogen and oxygen atoms in total. The van der Waals surface area contributed by atoms with Crippen LogP contribution in [0.1, 0.15) is 10.4 Å². The van der Waals surface area contributed by atoms with E-state index in [1.807, 2.05) is 24.3 Å². The van der Waals surface area contributed by atoms with Crippen LogP contribution in [0.5, 0.6) is 0 Å². The minimum absolute atomic E-state index is 0.106. The first-order chi connectivity index (χ1) is 14.5. The monoisotopic (exact) mass is 476 g/mol. The zero-order valence-corrected chi connectivity index (χ0v) is 19.1. The van der Waals surface area contributed by atoms with Crippen LogP contribution in [0.25, 0.3) is 11.3 Å². The highest BCUT2D eigenvalue weighted by Crippen LogP contribution is 2.30. The number of nitrogens with zero attached hydrogens (tertiary/aromatic N) is 5. The maximum atomic E-state index is 11.5. The molecule has 0 atom stereocenters. The molecule has 2 aliphatic rings. The lowest BCUT2D eigenvalue weighted by molar-refractivity contribution is 0.0697. The molecule has 3 heterocycles. The number of nitrogens with one attached hydrogen (secondary N) is 1. The van der Waals surface area contributed by atoms with E-state index in [-0.39, 0.29) is 5.56 Å². The molecule has 0 aliphatic carbocycles. The van der Waals surface area contributed by atoms with E-state index in [0.717, 1.165) is 49.3 Å². The van der Waals surface area contributed by atoms with Crippen molar-refractivity contribution in [2.75, 3.05) is 71.4 Å². The van der Waals surface area contributed by atoms with Gasteiger partial charge in [0.1, 0.15) is 5.56 Å². The average molecular weight is 477 g/mol. The summed E-state index contributed by atoms with van der Waals surface area (Å²) in [5, 5.41) is 12.7. The van der Waals surface area contributed by atoms with Gasteiger partial charge in [0.25, 0.3) is 0 Å². The summed E-state index contributed by atoms with van der Waals surface area (Å²) >= 11 is 3.47. The number of carboxylic acids is 1. The zero-order chi connectivity index (χ0) is 21.5. The van der Waals surface area contributed by atoms with Crippen molar-refractivity contribution >= 4 is 27.8 Å². The van der Waals surface area contributed by atoms with Crippen LogP contribution in [0.2, 0.25) is 0 Å². The molecule has 1 aromatic heterocycles. The summed E-state index contributed by atoms with van der Waals surface area (Å²) in [4.78, 5) is 27.0. The summed E-state index contributed by atoms with van der Waals surface area (Å²) in [6.45, 7) is 8.28. The van der Waals surface area contributed by atoms with Crippen LogP contribution < -0.4 is 10.2 Å². The molecule has 0 unspecified atom stereocenters. The Hall–Kier alpha value is -2.07. The number of aromatic carboxylic acids is 1. The first-order valence-corrected chi connectivity index (χ1v) is 10.9. The van der Waals surface area contributed by atoms with Crippen molar-refractivity contribution in [1.29, 1.82) is 0 Å². The van der Waals surface area contributed by atoms with Crippen LogP contribution in [-0.2, 0) is 0 Å². The Bertz CT molecular complexity index is 851. The van der Waals surface area contributed by atoms with E-state index in [9.17, 15) is 9.90 Å². The standard InChI is InChI=1S/C16H17BrN4O2.C5H12N2/c1-20-6-8-21(9-7-20)16-18-10-12(15(22)23)14(19-16)11-4-2-3-5-13(11)17;1-7-4-2-6-3-5-7/h2-5,10H,6-9H2,1H3,(H,22,23);6H,2-5H2,1H3. The Labute approximate surface area is 186 Å². The van der Waals surface area contributed by atoms with Gasteiger partial charge in [0.15, 0.2) is 0 Å². The number of hydrogen-bond donors (Lipinski definition) is 2. The molecule has 2 fully saturated rings. The van der Waals surface area contributed by atoms with Crippen LogP contribution in [0.15, 0.2) is 34.9 Å². The predicted octanol–water partition coefficient (Wildman–Crippen LogP) is 1.88. The van der Waals surface area contributed by atoms with E-state index in [1.165, 1.54) is 19.3 Å². The van der Waals surface area contributed by atoms with Gasteiger partial charge in [-0.2, -0.15) is 0 Å². The second-order valence-corrected chi connectivity index (χ2v) is 8.42. The lowest BCUT2D eigenvalue weighted by Crippen LogP contribution is -2.45. The number of rotatable bonds is 3. The van der Waals surface area contributed by atoms with E-state index in [4.69, 9.17) is 0 Å². The fraction of sp³-hybridized carbons (Fsp3) is 0.476. The molecule has 4 rings (SSSR count). The summed E-state index contributed by atoms with van der Waals surface area (Å²) in [7, 11) is 4.24. The number of carboxylic acid groups (broad SMARTS) is 1. The molecule has 162 valence electrons. The first kappa shape index (κ1) is 22.6. The second kappa shape index (κ2) is 10.8. The Morgan fingerprint density at radius 3 is 2.23 bits per heavy atom. The smallest absolute Gasteiger partial charge is 0.339 e. The van der Waals surface area contributed by atoms with Gasteiger partial charge in [-0.15, -0.1) is 0 Å². The molecule has 9 heteroatoms. The highest BCUT2D eigenvalue weighted by molar-refractivity contribution is 9.10. The lowest BCUT2D eigenvalue weighted by Gasteiger charge is -2.32. The first-order valence-electron chi connectivity index (χ1n) is 10.1. The fourth-order valence-corrected chi connectivity index (χ4v) is 3.80. The minimum atomic E-state index is -1.03. The third-order valence-electron chi connectivity index (χ3n) is 5.26. The van der Waals surface area contributed by atoms with Gasteiger partial charge in [-0.3, -0.25) is 0 Å². The van der Waals surface area contributed by atoms with Crippen molar-refractivity contribution in [2.24, 2.45) is 0 Å². The molecule has 0 amide bonds. The number of aromatic nitrogens is 2. The van der Waals surface area contributed by atoms with Crippen molar-refractivity contribution in [3.63, 3.8) is 0 Å². The fourth-order valence-electron chi connectivity index (χ4n) is 3.32. The lowest BCUT2D eigenvalue weighted by atomic mass is 10.1.